The fourth-order valence-corrected chi connectivity index (χ4v) is 5.58. The molecule has 1 heterocycles. The van der Waals surface area contributed by atoms with Crippen molar-refractivity contribution >= 4 is 11.6 Å². The van der Waals surface area contributed by atoms with Gasteiger partial charge in [-0.05, 0) is 61.8 Å². The van der Waals surface area contributed by atoms with E-state index in [1.165, 1.54) is 0 Å². The van der Waals surface area contributed by atoms with E-state index >= 15 is 0 Å². The Labute approximate surface area is 220 Å². The Balaban J connectivity index is 1.96. The van der Waals surface area contributed by atoms with E-state index in [1.807, 2.05) is 52.8 Å². The summed E-state index contributed by atoms with van der Waals surface area (Å²) in [4.78, 5) is 26.2. The molecule has 2 N–H and O–H groups in total. The summed E-state index contributed by atoms with van der Waals surface area (Å²) in [5, 5.41) is 24.6. The lowest BCUT2D eigenvalue weighted by molar-refractivity contribution is -0.0111. The van der Waals surface area contributed by atoms with Gasteiger partial charge in [-0.2, -0.15) is 5.21 Å². The monoisotopic (exact) mass is 504 g/mol. The number of aryl methyl sites for hydroxylation is 2. The quantitative estimate of drug-likeness (QED) is 0.306. The van der Waals surface area contributed by atoms with Gasteiger partial charge in [-0.1, -0.05) is 76.2 Å². The second-order valence-corrected chi connectivity index (χ2v) is 10.2. The molecule has 0 fully saturated rings. The van der Waals surface area contributed by atoms with Crippen LogP contribution in [0.1, 0.15) is 109 Å². The first kappa shape index (κ1) is 28.4. The predicted octanol–water partition coefficient (Wildman–Crippen LogP) is 5.72. The number of Topliss-reactive ketones (excluding diaryl/α,β-unsaturated/α-hetero) is 2. The van der Waals surface area contributed by atoms with E-state index in [2.05, 4.69) is 52.7 Å². The van der Waals surface area contributed by atoms with Crippen molar-refractivity contribution in [3.63, 3.8) is 0 Å². The maximum absolute atomic E-state index is 13.4. The van der Waals surface area contributed by atoms with E-state index in [0.717, 1.165) is 35.1 Å². The van der Waals surface area contributed by atoms with Crippen molar-refractivity contribution in [3.8, 4) is 0 Å². The molecule has 0 aliphatic heterocycles. The van der Waals surface area contributed by atoms with Crippen LogP contribution >= 0.6 is 0 Å². The van der Waals surface area contributed by atoms with Crippen molar-refractivity contribution in [2.75, 3.05) is 0 Å². The zero-order chi connectivity index (χ0) is 27.4. The van der Waals surface area contributed by atoms with Gasteiger partial charge in [-0.15, -0.1) is 10.2 Å². The highest BCUT2D eigenvalue weighted by Crippen LogP contribution is 2.40. The maximum atomic E-state index is 13.4. The largest absolute Gasteiger partial charge is 0.389 e. The Morgan fingerprint density at radius 1 is 0.892 bits per heavy atom. The molecule has 3 aromatic rings. The molecule has 0 bridgehead atoms. The van der Waals surface area contributed by atoms with Crippen LogP contribution in [-0.4, -0.2) is 42.9 Å². The molecule has 7 nitrogen and oxygen atoms in total. The van der Waals surface area contributed by atoms with Crippen molar-refractivity contribution in [3.05, 3.63) is 75.6 Å². The molecule has 3 rings (SSSR count). The number of carbonyl (C=O) groups excluding carboxylic acids is 2. The molecule has 0 radical (unpaired) electrons. The highest BCUT2D eigenvalue weighted by molar-refractivity contribution is 6.00. The van der Waals surface area contributed by atoms with E-state index in [1.54, 1.807) is 0 Å². The lowest BCUT2D eigenvalue weighted by Crippen LogP contribution is -2.39. The van der Waals surface area contributed by atoms with Crippen LogP contribution in [-0.2, 0) is 11.8 Å². The van der Waals surface area contributed by atoms with Crippen LogP contribution in [0.2, 0.25) is 0 Å². The minimum Gasteiger partial charge on any atom is -0.389 e. The van der Waals surface area contributed by atoms with Crippen molar-refractivity contribution in [1.82, 2.24) is 20.6 Å². The zero-order valence-corrected chi connectivity index (χ0v) is 23.2. The number of ketones is 2. The summed E-state index contributed by atoms with van der Waals surface area (Å²) in [7, 11) is 0. The highest BCUT2D eigenvalue weighted by Gasteiger charge is 2.37. The number of aromatic amines is 1. The van der Waals surface area contributed by atoms with Gasteiger partial charge in [-0.25, -0.2) is 0 Å². The van der Waals surface area contributed by atoms with E-state index in [0.29, 0.717) is 29.8 Å². The van der Waals surface area contributed by atoms with Crippen LogP contribution in [0, 0.1) is 19.8 Å². The van der Waals surface area contributed by atoms with Crippen molar-refractivity contribution in [2.24, 2.45) is 5.92 Å². The molecule has 1 aromatic heterocycles. The zero-order valence-electron chi connectivity index (χ0n) is 23.2. The molecule has 198 valence electrons. The Bertz CT molecular complexity index is 1240. The summed E-state index contributed by atoms with van der Waals surface area (Å²) in [6, 6.07) is 12.1. The molecule has 0 amide bonds. The van der Waals surface area contributed by atoms with Gasteiger partial charge in [0, 0.05) is 22.5 Å². The molecule has 1 unspecified atom stereocenters. The number of rotatable bonds is 12. The molecule has 0 saturated heterocycles. The smallest absolute Gasteiger partial charge is 0.182 e. The van der Waals surface area contributed by atoms with Crippen molar-refractivity contribution < 1.29 is 14.7 Å². The third-order valence-electron chi connectivity index (χ3n) is 8.46. The van der Waals surface area contributed by atoms with Crippen molar-refractivity contribution in [2.45, 2.75) is 91.6 Å². The van der Waals surface area contributed by atoms with E-state index in [-0.39, 0.29) is 23.4 Å². The first-order valence-corrected chi connectivity index (χ1v) is 13.3. The number of hydrogen-bond donors (Lipinski definition) is 2. The van der Waals surface area contributed by atoms with E-state index in [9.17, 15) is 14.7 Å². The summed E-state index contributed by atoms with van der Waals surface area (Å²) in [6.07, 6.45) is 2.91. The second kappa shape index (κ2) is 11.5. The maximum Gasteiger partial charge on any atom is 0.182 e. The number of benzene rings is 2. The Morgan fingerprint density at radius 3 is 1.86 bits per heavy atom. The Morgan fingerprint density at radius 2 is 1.43 bits per heavy atom. The van der Waals surface area contributed by atoms with Crippen LogP contribution in [0.3, 0.4) is 0 Å². The lowest BCUT2D eigenvalue weighted by Gasteiger charge is -2.35. The number of tetrazole rings is 1. The minimum absolute atomic E-state index is 0.0193. The van der Waals surface area contributed by atoms with Gasteiger partial charge in [0.1, 0.15) is 0 Å². The molecule has 37 heavy (non-hydrogen) atoms. The van der Waals surface area contributed by atoms with E-state index < -0.39 is 11.5 Å². The highest BCUT2D eigenvalue weighted by atomic mass is 16.3. The van der Waals surface area contributed by atoms with Crippen molar-refractivity contribution in [1.29, 1.82) is 0 Å². The third-order valence-corrected chi connectivity index (χ3v) is 8.46. The summed E-state index contributed by atoms with van der Waals surface area (Å²) in [6.45, 7) is 14.0. The number of aliphatic hydroxyl groups is 1. The van der Waals surface area contributed by atoms with Crippen LogP contribution in [0.15, 0.2) is 36.4 Å². The third kappa shape index (κ3) is 5.42. The first-order valence-electron chi connectivity index (χ1n) is 13.3. The number of H-pyrrole nitrogens is 1. The number of carbonyl (C=O) groups is 2. The topological polar surface area (TPSA) is 109 Å². The number of aromatic nitrogens is 4. The average molecular weight is 505 g/mol. The summed E-state index contributed by atoms with van der Waals surface area (Å²) < 4.78 is 0. The number of nitrogens with zero attached hydrogens (tertiary/aromatic N) is 3. The summed E-state index contributed by atoms with van der Waals surface area (Å²) in [5.74, 6) is -0.167. The molecular weight excluding hydrogens is 464 g/mol. The van der Waals surface area contributed by atoms with Crippen LogP contribution in [0.4, 0.5) is 0 Å². The summed E-state index contributed by atoms with van der Waals surface area (Å²) in [5.41, 5.74) is 4.17. The fraction of sp³-hybridized carbons (Fsp3) is 0.500. The first-order chi connectivity index (χ1) is 17.6. The van der Waals surface area contributed by atoms with E-state index in [4.69, 9.17) is 0 Å². The van der Waals surface area contributed by atoms with Gasteiger partial charge in [0.15, 0.2) is 17.4 Å². The number of hydrogen-bond acceptors (Lipinski definition) is 6. The normalized spacial score (nSPS) is 13.0. The van der Waals surface area contributed by atoms with Crippen LogP contribution in [0.5, 0.6) is 0 Å². The second-order valence-electron chi connectivity index (χ2n) is 10.2. The fourth-order valence-electron chi connectivity index (χ4n) is 5.58. The molecule has 7 heteroatoms. The lowest BCUT2D eigenvalue weighted by atomic mass is 9.69. The molecule has 0 aliphatic carbocycles. The molecule has 0 saturated carbocycles. The summed E-state index contributed by atoms with van der Waals surface area (Å²) >= 11 is 0. The standard InChI is InChI=1S/C30H40N4O3/c1-8-29(9-2,22-12-14-24(19(5)16-22)26(35)18-27-31-33-34-32-27)23-13-15-25(20(6)17-23)28(36)21(7)30(37,10-3)11-4/h12-17,21,37H,8-11,18H2,1-7H3,(H,31,32,33,34). The minimum atomic E-state index is -1.00. The molecule has 0 spiro atoms. The average Bonchev–Trinajstić information content (AvgIpc) is 3.41. The Hall–Kier alpha value is -3.19. The van der Waals surface area contributed by atoms with Crippen LogP contribution < -0.4 is 0 Å². The SMILES string of the molecule is CCC(CC)(c1ccc(C(=O)Cc2nn[nH]n2)c(C)c1)c1ccc(C(=O)C(C)C(O)(CC)CC)c(C)c1. The molecule has 2 aromatic carbocycles. The predicted molar refractivity (Wildman–Crippen MR) is 145 cm³/mol. The molecule has 1 atom stereocenters. The van der Waals surface area contributed by atoms with Gasteiger partial charge in [0.05, 0.1) is 12.0 Å². The van der Waals surface area contributed by atoms with Gasteiger partial charge >= 0.3 is 0 Å². The Kier molecular flexibility index (Phi) is 8.80. The van der Waals surface area contributed by atoms with Gasteiger partial charge < -0.3 is 5.11 Å². The van der Waals surface area contributed by atoms with Crippen LogP contribution in [0.25, 0.3) is 0 Å². The molecule has 0 aliphatic rings. The molecular formula is C30H40N4O3. The van der Waals surface area contributed by atoms with Gasteiger partial charge in [0.2, 0.25) is 0 Å². The number of nitrogens with one attached hydrogen (secondary N) is 1. The van der Waals surface area contributed by atoms with Gasteiger partial charge in [0.25, 0.3) is 0 Å². The van der Waals surface area contributed by atoms with Gasteiger partial charge in [-0.3, -0.25) is 9.59 Å².